The molecule has 0 radical (unpaired) electrons. The van der Waals surface area contributed by atoms with Gasteiger partial charge in [-0.2, -0.15) is 31.1 Å². The Balaban J connectivity index is 0.000000118. The zero-order chi connectivity index (χ0) is 84.5. The highest BCUT2D eigenvalue weighted by atomic mass is 16.5. The normalized spacial score (nSPS) is 22.8. The lowest BCUT2D eigenvalue weighted by atomic mass is 9.72. The average molecular weight is 1650 g/mol. The molecular formula is C97H100N22O5. The molecule has 27 heteroatoms. The van der Waals surface area contributed by atoms with Gasteiger partial charge in [0.25, 0.3) is 0 Å². The summed E-state index contributed by atoms with van der Waals surface area (Å²) >= 11 is 0. The summed E-state index contributed by atoms with van der Waals surface area (Å²) in [6.07, 6.45) is 39.3. The maximum absolute atomic E-state index is 10.4. The molecule has 7 atom stereocenters. The first-order chi connectivity index (χ1) is 60.4. The number of allylic oxidation sites excluding steroid dienone is 3. The third-order valence-corrected chi connectivity index (χ3v) is 27.4. The van der Waals surface area contributed by atoms with Crippen LogP contribution in [0.1, 0.15) is 135 Å². The first-order valence-corrected chi connectivity index (χ1v) is 43.2. The Kier molecular flexibility index (Phi) is 21.1. The van der Waals surface area contributed by atoms with E-state index >= 15 is 0 Å². The number of anilines is 3. The second-order valence-corrected chi connectivity index (χ2v) is 36.0. The smallest absolute Gasteiger partial charge is 0.212 e. The van der Waals surface area contributed by atoms with E-state index in [4.69, 9.17) is 33.9 Å². The molecule has 23 heterocycles. The van der Waals surface area contributed by atoms with E-state index in [2.05, 4.69) is 194 Å². The molecule has 0 amide bonds. The van der Waals surface area contributed by atoms with Gasteiger partial charge < -0.3 is 44.1 Å². The van der Waals surface area contributed by atoms with Crippen molar-refractivity contribution in [1.29, 1.82) is 15.8 Å². The van der Waals surface area contributed by atoms with E-state index in [9.17, 15) is 20.9 Å². The number of piperidine rings is 3. The summed E-state index contributed by atoms with van der Waals surface area (Å²) in [7, 11) is 4.92. The Morgan fingerprint density at radius 3 is 1.10 bits per heavy atom. The van der Waals surface area contributed by atoms with Crippen LogP contribution in [0.2, 0.25) is 0 Å². The number of pyridine rings is 9. The summed E-state index contributed by atoms with van der Waals surface area (Å²) < 4.78 is 26.6. The molecule has 7 unspecified atom stereocenters. The van der Waals surface area contributed by atoms with E-state index in [-0.39, 0.29) is 5.54 Å². The van der Waals surface area contributed by atoms with Gasteiger partial charge in [-0.1, -0.05) is 36.4 Å². The molecule has 6 bridgehead atoms. The number of nitrogens with one attached hydrogen (secondary N) is 1. The van der Waals surface area contributed by atoms with Crippen molar-refractivity contribution in [3.05, 3.63) is 234 Å². The Labute approximate surface area is 720 Å². The molecule has 25 rings (SSSR count). The fraction of sp³-hybridized carbons (Fsp3) is 0.381. The monoisotopic (exact) mass is 1650 g/mol. The van der Waals surface area contributed by atoms with Crippen LogP contribution in [0.3, 0.4) is 0 Å². The van der Waals surface area contributed by atoms with E-state index in [1.165, 1.54) is 52.7 Å². The summed E-state index contributed by atoms with van der Waals surface area (Å²) in [5, 5.41) is 56.9. The number of aliphatic hydroxyl groups is 1. The van der Waals surface area contributed by atoms with Crippen LogP contribution in [0.4, 0.5) is 17.5 Å². The van der Waals surface area contributed by atoms with E-state index in [0.29, 0.717) is 82.4 Å². The second-order valence-electron chi connectivity index (χ2n) is 36.0. The van der Waals surface area contributed by atoms with Crippen molar-refractivity contribution in [2.24, 2.45) is 5.41 Å². The molecule has 2 N–H and O–H groups in total. The van der Waals surface area contributed by atoms with Crippen molar-refractivity contribution in [2.45, 2.75) is 152 Å². The second kappa shape index (κ2) is 32.8. The van der Waals surface area contributed by atoms with Crippen LogP contribution >= 0.6 is 0 Å². The van der Waals surface area contributed by atoms with Gasteiger partial charge in [-0.05, 0) is 190 Å². The molecule has 12 aromatic rings. The molecule has 11 aliphatic heterocycles. The SMILES string of the molecule is COc1ccc(CN2C3CC2CN(c2ccc(-c4cc(C5=CCC(C)(O)CC5)cn5ncc(C#N)c45)cn2)C3)cn1.COc1ccc(CN2C3CC2CN(c2ccc(-c4cc(C5=CCC6(CC5)COC6)cn5ncc(C#N)c45)cn2)C3)cn1.COc1ccc(CN2C3CC2CN(c2ccc(-c4cc(C5=CCNC(C)(C)C5)cn5ncc(C#N)c45)cn2)C3)cn1. The van der Waals surface area contributed by atoms with E-state index in [0.717, 1.165) is 201 Å². The number of aromatic nitrogens is 12. The van der Waals surface area contributed by atoms with Crippen molar-refractivity contribution in [1.82, 2.24) is 78.8 Å². The van der Waals surface area contributed by atoms with Gasteiger partial charge in [0, 0.05) is 220 Å². The predicted molar refractivity (Wildman–Crippen MR) is 474 cm³/mol. The Hall–Kier alpha value is -12.8. The fourth-order valence-corrected chi connectivity index (χ4v) is 20.3. The van der Waals surface area contributed by atoms with Gasteiger partial charge in [-0.15, -0.1) is 0 Å². The molecule has 1 spiro atoms. The van der Waals surface area contributed by atoms with E-state index < -0.39 is 5.60 Å². The largest absolute Gasteiger partial charge is 0.481 e. The summed E-state index contributed by atoms with van der Waals surface area (Å²) in [6.45, 7) is 17.4. The van der Waals surface area contributed by atoms with Gasteiger partial charge in [0.2, 0.25) is 17.6 Å². The Morgan fingerprint density at radius 2 is 0.806 bits per heavy atom. The quantitative estimate of drug-likeness (QED) is 0.0807. The van der Waals surface area contributed by atoms with Crippen molar-refractivity contribution < 1.29 is 24.1 Å². The lowest BCUT2D eigenvalue weighted by Crippen LogP contribution is -2.68. The number of ether oxygens (including phenoxy) is 4. The third-order valence-electron chi connectivity index (χ3n) is 27.4. The molecule has 124 heavy (non-hydrogen) atoms. The molecule has 0 aromatic carbocycles. The minimum Gasteiger partial charge on any atom is -0.481 e. The van der Waals surface area contributed by atoms with Gasteiger partial charge in [-0.3, -0.25) is 14.7 Å². The van der Waals surface area contributed by atoms with Gasteiger partial charge in [0.15, 0.2) is 0 Å². The molecule has 10 saturated heterocycles. The van der Waals surface area contributed by atoms with Crippen molar-refractivity contribution in [3.8, 4) is 69.2 Å². The molecule has 12 aromatic heterocycles. The summed E-state index contributed by atoms with van der Waals surface area (Å²) in [5.41, 5.74) is 20.5. The molecule has 628 valence electrons. The van der Waals surface area contributed by atoms with E-state index in [1.54, 1.807) is 44.4 Å². The first-order valence-electron chi connectivity index (χ1n) is 43.2. The number of hydrogen-bond acceptors (Lipinski definition) is 24. The van der Waals surface area contributed by atoms with Crippen LogP contribution in [0.5, 0.6) is 17.6 Å². The summed E-state index contributed by atoms with van der Waals surface area (Å²) in [5.74, 6) is 4.92. The molecule has 0 saturated carbocycles. The van der Waals surface area contributed by atoms with Crippen LogP contribution < -0.4 is 34.2 Å². The van der Waals surface area contributed by atoms with Crippen molar-refractivity contribution in [2.75, 3.05) is 95.1 Å². The maximum atomic E-state index is 10.4. The fourth-order valence-electron chi connectivity index (χ4n) is 20.3. The van der Waals surface area contributed by atoms with Crippen LogP contribution in [0, 0.1) is 39.4 Å². The average Bonchev–Trinajstić information content (AvgIpc) is 0.908. The van der Waals surface area contributed by atoms with Gasteiger partial charge in [0.05, 0.1) is 92.0 Å². The number of nitriles is 3. The molecule has 27 nitrogen and oxygen atoms in total. The van der Waals surface area contributed by atoms with E-state index in [1.807, 2.05) is 83.7 Å². The number of rotatable bonds is 18. The minimum absolute atomic E-state index is 0.0284. The van der Waals surface area contributed by atoms with Crippen LogP contribution in [-0.4, -0.2) is 206 Å². The standard InChI is InChI=1S/C33H33N7O2.C32H34N8O.C32H33N7O2/c1-41-31-5-2-22(13-36-31)16-39-27-11-28(39)19-38(18-27)30-4-3-24(14-35-30)29-10-25(17-40-32(29)26(12-34)15-37-40)23-6-8-33(9-7-23)20-42-21-33;1-32(2)12-22(8-9-36-32)24-10-28(31-25(13-33)16-37-40(31)18-24)23-5-6-29(34-15-23)38-19-26-11-27(20-38)39(26)17-21-4-7-30(41-3)35-14-21;1-32(40)9-7-22(8-10-32)24-11-28(31-25(13-33)16-36-39(31)18-24)23-4-5-29(34-15-23)37-19-26-12-27(20-37)38(26)17-21-3-6-30(41-2)35-14-21/h2-6,10,13-15,17,27-28H,7-9,11,16,18-21H2,1H3;4-8,10,14-16,18,26-27,36H,9,11-12,17,19-20H2,1-3H3;3-7,11,14-16,18,26-27,40H,8-10,12,17,19-20H2,1-2H3. The number of piperazine rings is 3. The number of hydrogen-bond donors (Lipinski definition) is 2. The third kappa shape index (κ3) is 15.6. The number of methoxy groups -OCH3 is 3. The topological polar surface area (TPSA) is 289 Å². The zero-order valence-electron chi connectivity index (χ0n) is 70.8. The van der Waals surface area contributed by atoms with Crippen LogP contribution in [0.25, 0.3) is 66.7 Å². The maximum Gasteiger partial charge on any atom is 0.212 e. The Morgan fingerprint density at radius 1 is 0.435 bits per heavy atom. The van der Waals surface area contributed by atoms with Gasteiger partial charge >= 0.3 is 0 Å². The number of fused-ring (bicyclic) bond motifs is 9. The Bertz CT molecular complexity index is 6220. The van der Waals surface area contributed by atoms with Crippen LogP contribution in [0.15, 0.2) is 184 Å². The predicted octanol–water partition coefficient (Wildman–Crippen LogP) is 13.5. The van der Waals surface area contributed by atoms with Crippen molar-refractivity contribution in [3.63, 3.8) is 0 Å². The van der Waals surface area contributed by atoms with Crippen molar-refractivity contribution >= 4 is 50.7 Å². The number of nitrogens with zero attached hydrogens (tertiary/aromatic N) is 21. The van der Waals surface area contributed by atoms with Gasteiger partial charge in [-0.25, -0.2) is 43.5 Å². The molecule has 10 fully saturated rings. The first kappa shape index (κ1) is 79.7. The lowest BCUT2D eigenvalue weighted by molar-refractivity contribution is -0.116. The van der Waals surface area contributed by atoms with Crippen LogP contribution in [-0.2, 0) is 24.4 Å². The highest BCUT2D eigenvalue weighted by Crippen LogP contribution is 2.47. The highest BCUT2D eigenvalue weighted by Gasteiger charge is 2.48. The minimum atomic E-state index is -0.658. The summed E-state index contributed by atoms with van der Waals surface area (Å²) in [4.78, 5) is 42.8. The summed E-state index contributed by atoms with van der Waals surface area (Å²) in [6, 6.07) is 41.4. The molecular weight excluding hydrogens is 1550 g/mol. The highest BCUT2D eigenvalue weighted by molar-refractivity contribution is 5.90. The zero-order valence-corrected chi connectivity index (χ0v) is 70.8. The molecule has 2 aliphatic carbocycles. The van der Waals surface area contributed by atoms with Gasteiger partial charge in [0.1, 0.15) is 35.7 Å². The molecule has 13 aliphatic rings. The lowest BCUT2D eigenvalue weighted by Gasteiger charge is -2.56.